The van der Waals surface area contributed by atoms with Crippen molar-refractivity contribution >= 4 is 46.0 Å². The number of allylic oxidation sites excluding steroid dienone is 1. The van der Waals surface area contributed by atoms with Gasteiger partial charge in [-0.3, -0.25) is 9.36 Å². The summed E-state index contributed by atoms with van der Waals surface area (Å²) >= 11 is 3.58. The van der Waals surface area contributed by atoms with E-state index >= 15 is 0 Å². The van der Waals surface area contributed by atoms with Crippen molar-refractivity contribution in [3.05, 3.63) is 100 Å². The molecule has 2 aromatic carbocycles. The molecule has 0 N–H and O–H groups in total. The highest BCUT2D eigenvalue weighted by Crippen LogP contribution is 2.30. The maximum Gasteiger partial charge on any atom is 0.338 e. The number of hydrogen-bond acceptors (Lipinski definition) is 5. The Hall–Kier alpha value is -2.52. The van der Waals surface area contributed by atoms with Gasteiger partial charge in [0.1, 0.15) is 0 Å². The van der Waals surface area contributed by atoms with Gasteiger partial charge in [0.2, 0.25) is 0 Å². The lowest BCUT2D eigenvalue weighted by atomic mass is 9.96. The van der Waals surface area contributed by atoms with E-state index in [1.165, 1.54) is 11.3 Å². The number of halogens is 1. The van der Waals surface area contributed by atoms with Crippen molar-refractivity contribution in [2.24, 2.45) is 4.99 Å². The average molecular weight is 530 g/mol. The third kappa shape index (κ3) is 3.91. The maximum atomic E-state index is 13.4. The number of esters is 1. The number of ether oxygens (including phenoxy) is 1. The molecule has 0 saturated heterocycles. The van der Waals surface area contributed by atoms with Gasteiger partial charge in [-0.05, 0) is 65.8 Å². The van der Waals surface area contributed by atoms with Crippen molar-refractivity contribution in [1.82, 2.24) is 4.57 Å². The molecular formula is C23H19IN2O3S. The van der Waals surface area contributed by atoms with Crippen LogP contribution in [0.25, 0.3) is 6.08 Å². The molecule has 0 amide bonds. The first-order valence-electron chi connectivity index (χ1n) is 9.49. The van der Waals surface area contributed by atoms with Crippen LogP contribution in [-0.2, 0) is 9.53 Å². The summed E-state index contributed by atoms with van der Waals surface area (Å²) in [5, 5.41) is 0. The summed E-state index contributed by atoms with van der Waals surface area (Å²) < 4.78 is 8.61. The molecule has 0 aliphatic carbocycles. The van der Waals surface area contributed by atoms with E-state index in [0.29, 0.717) is 20.6 Å². The number of carbonyl (C=O) groups excluding carboxylic acids is 1. The minimum atomic E-state index is -0.569. The van der Waals surface area contributed by atoms with Gasteiger partial charge in [-0.15, -0.1) is 0 Å². The highest BCUT2D eigenvalue weighted by molar-refractivity contribution is 14.1. The van der Waals surface area contributed by atoms with E-state index in [1.54, 1.807) is 18.4 Å². The van der Waals surface area contributed by atoms with Gasteiger partial charge in [-0.2, -0.15) is 0 Å². The molecule has 1 aromatic heterocycles. The van der Waals surface area contributed by atoms with E-state index in [-0.39, 0.29) is 12.2 Å². The molecule has 0 radical (unpaired) electrons. The molecule has 0 fully saturated rings. The average Bonchev–Trinajstić information content (AvgIpc) is 3.04. The lowest BCUT2D eigenvalue weighted by molar-refractivity contribution is -0.139. The Labute approximate surface area is 191 Å². The second-order valence-electron chi connectivity index (χ2n) is 6.76. The summed E-state index contributed by atoms with van der Waals surface area (Å²) in [6.45, 7) is 3.81. The SMILES string of the molecule is CCOC(=O)C1=C(C)N=c2sc(=Cc3ccc(I)cc3)c(=O)n2[C@H]1c1ccccc1. The lowest BCUT2D eigenvalue weighted by Gasteiger charge is -2.24. The molecule has 0 saturated carbocycles. The Balaban J connectivity index is 1.94. The first-order valence-corrected chi connectivity index (χ1v) is 11.4. The molecule has 1 aliphatic rings. The molecule has 30 heavy (non-hydrogen) atoms. The highest BCUT2D eigenvalue weighted by atomic mass is 127. The minimum Gasteiger partial charge on any atom is -0.463 e. The van der Waals surface area contributed by atoms with Gasteiger partial charge in [-0.1, -0.05) is 53.8 Å². The largest absolute Gasteiger partial charge is 0.463 e. The lowest BCUT2D eigenvalue weighted by Crippen LogP contribution is -2.39. The summed E-state index contributed by atoms with van der Waals surface area (Å²) in [5.41, 5.74) is 2.59. The molecule has 0 bridgehead atoms. The van der Waals surface area contributed by atoms with Gasteiger partial charge >= 0.3 is 5.97 Å². The van der Waals surface area contributed by atoms with E-state index in [9.17, 15) is 9.59 Å². The molecule has 152 valence electrons. The van der Waals surface area contributed by atoms with Crippen LogP contribution >= 0.6 is 33.9 Å². The highest BCUT2D eigenvalue weighted by Gasteiger charge is 2.33. The van der Waals surface area contributed by atoms with Crippen LogP contribution in [0.3, 0.4) is 0 Å². The minimum absolute atomic E-state index is 0.166. The van der Waals surface area contributed by atoms with Crippen LogP contribution in [0, 0.1) is 3.57 Å². The fourth-order valence-electron chi connectivity index (χ4n) is 3.45. The van der Waals surface area contributed by atoms with E-state index in [2.05, 4.69) is 27.6 Å². The standard InChI is InChI=1S/C23H19IN2O3S/c1-3-29-22(28)19-14(2)25-23-26(20(19)16-7-5-4-6-8-16)21(27)18(30-23)13-15-9-11-17(24)12-10-15/h4-13,20H,3H2,1-2H3/t20-/m0/s1. The zero-order valence-electron chi connectivity index (χ0n) is 16.5. The fourth-order valence-corrected chi connectivity index (χ4v) is 4.86. The smallest absolute Gasteiger partial charge is 0.338 e. The van der Waals surface area contributed by atoms with Crippen LogP contribution in [0.5, 0.6) is 0 Å². The molecule has 2 heterocycles. The second-order valence-corrected chi connectivity index (χ2v) is 9.02. The molecule has 3 aromatic rings. The fraction of sp³-hybridized carbons (Fsp3) is 0.174. The summed E-state index contributed by atoms with van der Waals surface area (Å²) in [6.07, 6.45) is 1.87. The van der Waals surface area contributed by atoms with E-state index in [0.717, 1.165) is 14.7 Å². The number of benzene rings is 2. The number of thiazole rings is 1. The normalized spacial score (nSPS) is 16.2. The molecular weight excluding hydrogens is 511 g/mol. The van der Waals surface area contributed by atoms with Crippen LogP contribution in [-0.4, -0.2) is 17.1 Å². The first-order chi connectivity index (χ1) is 14.5. The molecule has 0 unspecified atom stereocenters. The van der Waals surface area contributed by atoms with Crippen molar-refractivity contribution in [1.29, 1.82) is 0 Å². The van der Waals surface area contributed by atoms with Crippen molar-refractivity contribution in [3.8, 4) is 0 Å². The Kier molecular flexibility index (Phi) is 6.01. The summed E-state index contributed by atoms with van der Waals surface area (Å²) in [5.74, 6) is -0.445. The Morgan fingerprint density at radius 1 is 1.20 bits per heavy atom. The first kappa shape index (κ1) is 20.7. The predicted octanol–water partition coefficient (Wildman–Crippen LogP) is 3.40. The Morgan fingerprint density at radius 3 is 2.57 bits per heavy atom. The zero-order chi connectivity index (χ0) is 21.3. The molecule has 1 atom stereocenters. The van der Waals surface area contributed by atoms with E-state index < -0.39 is 12.0 Å². The predicted molar refractivity (Wildman–Crippen MR) is 126 cm³/mol. The van der Waals surface area contributed by atoms with Gasteiger partial charge in [0.15, 0.2) is 4.80 Å². The number of rotatable bonds is 4. The molecule has 4 rings (SSSR count). The van der Waals surface area contributed by atoms with Crippen molar-refractivity contribution in [2.75, 3.05) is 6.61 Å². The number of aromatic nitrogens is 1. The zero-order valence-corrected chi connectivity index (χ0v) is 19.4. The summed E-state index contributed by atoms with van der Waals surface area (Å²) in [7, 11) is 0. The number of carbonyl (C=O) groups is 1. The monoisotopic (exact) mass is 530 g/mol. The van der Waals surface area contributed by atoms with Crippen LogP contribution in [0.2, 0.25) is 0 Å². The number of hydrogen-bond donors (Lipinski definition) is 0. The topological polar surface area (TPSA) is 60.7 Å². The van der Waals surface area contributed by atoms with Crippen molar-refractivity contribution in [3.63, 3.8) is 0 Å². The third-order valence-corrected chi connectivity index (χ3v) is 6.50. The Morgan fingerprint density at radius 2 is 1.90 bits per heavy atom. The molecule has 5 nitrogen and oxygen atoms in total. The van der Waals surface area contributed by atoms with Crippen molar-refractivity contribution in [2.45, 2.75) is 19.9 Å². The van der Waals surface area contributed by atoms with Gasteiger partial charge in [0, 0.05) is 3.57 Å². The van der Waals surface area contributed by atoms with Crippen LogP contribution < -0.4 is 14.9 Å². The number of fused-ring (bicyclic) bond motifs is 1. The van der Waals surface area contributed by atoms with Gasteiger partial charge in [0.25, 0.3) is 5.56 Å². The van der Waals surface area contributed by atoms with Crippen molar-refractivity contribution < 1.29 is 9.53 Å². The van der Waals surface area contributed by atoms with E-state index in [1.807, 2.05) is 60.7 Å². The Bertz CT molecular complexity index is 1310. The molecule has 1 aliphatic heterocycles. The second kappa shape index (κ2) is 8.69. The maximum absolute atomic E-state index is 13.4. The quantitative estimate of drug-likeness (QED) is 0.384. The number of nitrogens with zero attached hydrogens (tertiary/aromatic N) is 2. The molecule has 0 spiro atoms. The van der Waals surface area contributed by atoms with Crippen LogP contribution in [0.4, 0.5) is 0 Å². The third-order valence-electron chi connectivity index (χ3n) is 4.80. The summed E-state index contributed by atoms with van der Waals surface area (Å²) in [6, 6.07) is 16.9. The van der Waals surface area contributed by atoms with Gasteiger partial charge in [-0.25, -0.2) is 9.79 Å². The van der Waals surface area contributed by atoms with Crippen LogP contribution in [0.1, 0.15) is 31.0 Å². The van der Waals surface area contributed by atoms with Gasteiger partial charge < -0.3 is 4.74 Å². The van der Waals surface area contributed by atoms with E-state index in [4.69, 9.17) is 4.74 Å². The molecule has 7 heteroatoms. The summed E-state index contributed by atoms with van der Waals surface area (Å²) in [4.78, 5) is 31.4. The van der Waals surface area contributed by atoms with Gasteiger partial charge in [0.05, 0.1) is 28.5 Å². The van der Waals surface area contributed by atoms with Crippen LogP contribution in [0.15, 0.2) is 75.7 Å².